The van der Waals surface area contributed by atoms with Crippen molar-refractivity contribution >= 4 is 17.8 Å². The van der Waals surface area contributed by atoms with Gasteiger partial charge in [0.15, 0.2) is 5.78 Å². The summed E-state index contributed by atoms with van der Waals surface area (Å²) < 4.78 is 4.69. The van der Waals surface area contributed by atoms with Crippen LogP contribution in [0.15, 0.2) is 42.6 Å². The minimum Gasteiger partial charge on any atom is -0.465 e. The number of nitrogens with zero attached hydrogens (tertiary/aromatic N) is 1. The van der Waals surface area contributed by atoms with E-state index in [1.54, 1.807) is 6.07 Å². The number of ketones is 1. The van der Waals surface area contributed by atoms with E-state index < -0.39 is 5.97 Å². The molecule has 2 aliphatic rings. The van der Waals surface area contributed by atoms with Gasteiger partial charge < -0.3 is 4.74 Å². The quantitative estimate of drug-likeness (QED) is 0.743. The van der Waals surface area contributed by atoms with Gasteiger partial charge in [0.05, 0.1) is 24.3 Å². The second kappa shape index (κ2) is 4.81. The van der Waals surface area contributed by atoms with Gasteiger partial charge in [0, 0.05) is 17.2 Å². The van der Waals surface area contributed by atoms with Crippen LogP contribution in [-0.4, -0.2) is 23.8 Å². The van der Waals surface area contributed by atoms with Crippen molar-refractivity contribution in [1.29, 1.82) is 0 Å². The Kier molecular flexibility index (Phi) is 3.09. The van der Waals surface area contributed by atoms with Gasteiger partial charge >= 0.3 is 5.97 Å². The lowest BCUT2D eigenvalue weighted by Gasteiger charge is -2.30. The first kappa shape index (κ1) is 13.5. The lowest BCUT2D eigenvalue weighted by atomic mass is 9.72. The number of rotatable bonds is 1. The van der Waals surface area contributed by atoms with Crippen LogP contribution in [0.5, 0.6) is 0 Å². The van der Waals surface area contributed by atoms with Gasteiger partial charge in [0.2, 0.25) is 0 Å². The van der Waals surface area contributed by atoms with Crippen LogP contribution in [0.4, 0.5) is 0 Å². The Morgan fingerprint density at radius 3 is 2.90 bits per heavy atom. The molecule has 21 heavy (non-hydrogen) atoms. The molecule has 4 nitrogen and oxygen atoms in total. The zero-order valence-corrected chi connectivity index (χ0v) is 11.9. The van der Waals surface area contributed by atoms with Crippen molar-refractivity contribution in [2.45, 2.75) is 6.92 Å². The molecule has 0 aliphatic heterocycles. The van der Waals surface area contributed by atoms with E-state index in [2.05, 4.69) is 9.72 Å². The summed E-state index contributed by atoms with van der Waals surface area (Å²) in [6.07, 6.45) is 13.0. The lowest BCUT2D eigenvalue weighted by molar-refractivity contribution is 0.0600. The molecular formula is C17H15NO3. The van der Waals surface area contributed by atoms with E-state index in [9.17, 15) is 9.59 Å². The van der Waals surface area contributed by atoms with E-state index in [0.717, 1.165) is 0 Å². The maximum atomic E-state index is 12.8. The van der Waals surface area contributed by atoms with Gasteiger partial charge in [-0.25, -0.2) is 4.79 Å². The van der Waals surface area contributed by atoms with Gasteiger partial charge in [0.25, 0.3) is 0 Å². The molecular weight excluding hydrogens is 266 g/mol. The SMILES string of the molecule is COC(=O)c1cnc2c(c1)C(=O)C1C=CC=CC1(C)C=C2. The summed E-state index contributed by atoms with van der Waals surface area (Å²) in [7, 11) is 1.31. The third-order valence-electron chi connectivity index (χ3n) is 4.03. The number of carbonyl (C=O) groups is 2. The van der Waals surface area contributed by atoms with Crippen LogP contribution in [-0.2, 0) is 4.74 Å². The molecule has 1 heterocycles. The van der Waals surface area contributed by atoms with Crippen LogP contribution in [0.25, 0.3) is 6.08 Å². The average Bonchev–Trinajstić information content (AvgIpc) is 2.62. The van der Waals surface area contributed by atoms with Crippen molar-refractivity contribution in [2.24, 2.45) is 11.3 Å². The summed E-state index contributed by atoms with van der Waals surface area (Å²) in [5.74, 6) is -0.806. The summed E-state index contributed by atoms with van der Waals surface area (Å²) in [5.41, 5.74) is 0.975. The van der Waals surface area contributed by atoms with E-state index in [0.29, 0.717) is 11.3 Å². The number of Topliss-reactive ketones (excluding diaryl/α,β-unsaturated/α-hetero) is 1. The minimum absolute atomic E-state index is 0.0312. The smallest absolute Gasteiger partial charge is 0.339 e. The largest absolute Gasteiger partial charge is 0.465 e. The van der Waals surface area contributed by atoms with Crippen molar-refractivity contribution in [3.05, 3.63) is 59.5 Å². The first-order valence-corrected chi connectivity index (χ1v) is 6.73. The van der Waals surface area contributed by atoms with Crippen LogP contribution in [0.2, 0.25) is 0 Å². The van der Waals surface area contributed by atoms with Gasteiger partial charge in [-0.2, -0.15) is 0 Å². The fourth-order valence-electron chi connectivity index (χ4n) is 2.74. The Morgan fingerprint density at radius 2 is 2.14 bits per heavy atom. The molecule has 0 saturated heterocycles. The van der Waals surface area contributed by atoms with E-state index in [-0.39, 0.29) is 22.7 Å². The molecule has 106 valence electrons. The van der Waals surface area contributed by atoms with E-state index in [1.165, 1.54) is 13.3 Å². The minimum atomic E-state index is -0.492. The highest BCUT2D eigenvalue weighted by atomic mass is 16.5. The van der Waals surface area contributed by atoms with E-state index >= 15 is 0 Å². The maximum Gasteiger partial charge on any atom is 0.339 e. The van der Waals surface area contributed by atoms with E-state index in [4.69, 9.17) is 0 Å². The highest BCUT2D eigenvalue weighted by Crippen LogP contribution is 2.40. The lowest BCUT2D eigenvalue weighted by Crippen LogP contribution is -2.29. The number of hydrogen-bond donors (Lipinski definition) is 0. The predicted octanol–water partition coefficient (Wildman–Crippen LogP) is 2.83. The molecule has 0 saturated carbocycles. The van der Waals surface area contributed by atoms with Crippen molar-refractivity contribution in [3.8, 4) is 0 Å². The second-order valence-corrected chi connectivity index (χ2v) is 5.43. The van der Waals surface area contributed by atoms with Crippen molar-refractivity contribution in [1.82, 2.24) is 4.98 Å². The Morgan fingerprint density at radius 1 is 1.33 bits per heavy atom. The maximum absolute atomic E-state index is 12.8. The van der Waals surface area contributed by atoms with Crippen molar-refractivity contribution in [2.75, 3.05) is 7.11 Å². The predicted molar refractivity (Wildman–Crippen MR) is 78.8 cm³/mol. The molecule has 4 heteroatoms. The van der Waals surface area contributed by atoms with Crippen LogP contribution in [0.1, 0.15) is 33.3 Å². The van der Waals surface area contributed by atoms with Crippen LogP contribution >= 0.6 is 0 Å². The monoisotopic (exact) mass is 281 g/mol. The number of carbonyl (C=O) groups excluding carboxylic acids is 2. The molecule has 0 aromatic carbocycles. The van der Waals surface area contributed by atoms with Crippen molar-refractivity contribution < 1.29 is 14.3 Å². The summed E-state index contributed by atoms with van der Waals surface area (Å²) in [5, 5.41) is 0. The number of hydrogen-bond acceptors (Lipinski definition) is 4. The summed E-state index contributed by atoms with van der Waals surface area (Å²) >= 11 is 0. The molecule has 2 unspecified atom stereocenters. The molecule has 0 radical (unpaired) electrons. The number of ether oxygens (including phenoxy) is 1. The van der Waals surface area contributed by atoms with Crippen LogP contribution in [0, 0.1) is 11.3 Å². The van der Waals surface area contributed by atoms with Gasteiger partial charge in [-0.05, 0) is 12.1 Å². The van der Waals surface area contributed by atoms with Crippen molar-refractivity contribution in [3.63, 3.8) is 0 Å². The standard InChI is InChI=1S/C17H15NO3/c1-17-7-4-3-5-13(17)15(19)12-9-11(16(20)21-2)10-18-14(12)6-8-17/h3-10,13H,1-2H3. The molecule has 2 aliphatic carbocycles. The van der Waals surface area contributed by atoms with Crippen LogP contribution in [0.3, 0.4) is 0 Å². The molecule has 2 atom stereocenters. The Labute approximate surface area is 122 Å². The first-order chi connectivity index (χ1) is 10.0. The fourth-order valence-corrected chi connectivity index (χ4v) is 2.74. The van der Waals surface area contributed by atoms with E-state index in [1.807, 2.05) is 43.4 Å². The molecule has 1 aromatic rings. The molecule has 0 amide bonds. The number of allylic oxidation sites excluding steroid dienone is 5. The summed E-state index contributed by atoms with van der Waals surface area (Å²) in [4.78, 5) is 28.7. The molecule has 0 N–H and O–H groups in total. The summed E-state index contributed by atoms with van der Waals surface area (Å²) in [6, 6.07) is 1.57. The Hall–Kier alpha value is -2.49. The number of methoxy groups -OCH3 is 1. The topological polar surface area (TPSA) is 56.3 Å². The zero-order valence-electron chi connectivity index (χ0n) is 11.9. The molecule has 0 fully saturated rings. The van der Waals surface area contributed by atoms with Gasteiger partial charge in [-0.3, -0.25) is 9.78 Å². The molecule has 0 bridgehead atoms. The molecule has 3 rings (SSSR count). The fraction of sp³-hybridized carbons (Fsp3) is 0.235. The Balaban J connectivity index is 2.12. The van der Waals surface area contributed by atoms with Gasteiger partial charge in [-0.1, -0.05) is 37.3 Å². The highest BCUT2D eigenvalue weighted by molar-refractivity contribution is 6.05. The van der Waals surface area contributed by atoms with Crippen LogP contribution < -0.4 is 0 Å². The van der Waals surface area contributed by atoms with Gasteiger partial charge in [-0.15, -0.1) is 0 Å². The average molecular weight is 281 g/mol. The third-order valence-corrected chi connectivity index (χ3v) is 4.03. The third kappa shape index (κ3) is 2.13. The zero-order chi connectivity index (χ0) is 15.0. The molecule has 1 aromatic heterocycles. The normalized spacial score (nSPS) is 26.0. The Bertz CT molecular complexity index is 715. The first-order valence-electron chi connectivity index (χ1n) is 6.73. The second-order valence-electron chi connectivity index (χ2n) is 5.43. The number of esters is 1. The number of pyridine rings is 1. The summed E-state index contributed by atoms with van der Waals surface area (Å²) in [6.45, 7) is 2.01. The number of aromatic nitrogens is 1. The number of fused-ring (bicyclic) bond motifs is 2. The highest BCUT2D eigenvalue weighted by Gasteiger charge is 2.37. The molecule has 0 spiro atoms. The van der Waals surface area contributed by atoms with Gasteiger partial charge in [0.1, 0.15) is 0 Å².